The molecule has 2 unspecified atom stereocenters. The van der Waals surface area contributed by atoms with Crippen molar-refractivity contribution in [2.45, 2.75) is 50.5 Å². The van der Waals surface area contributed by atoms with Gasteiger partial charge in [-0.2, -0.15) is 0 Å². The van der Waals surface area contributed by atoms with E-state index in [1.807, 2.05) is 78.9 Å². The number of hydrogen-bond donors (Lipinski definition) is 6. The molecule has 1 amide bonds. The lowest BCUT2D eigenvalue weighted by atomic mass is 9.83. The van der Waals surface area contributed by atoms with Gasteiger partial charge in [-0.05, 0) is 79.6 Å². The molecule has 0 radical (unpaired) electrons. The van der Waals surface area contributed by atoms with E-state index in [-0.39, 0.29) is 41.7 Å². The SMILES string of the molecule is O=C(Nc1ccccc1-c1ccccc1)OC1CCN(C(C(=O)c2ccc(CNCC(O)c3ccc(O)c4[nH]c(=O)ccc34)cc2)C2CCNCC2)CC1. The lowest BCUT2D eigenvalue weighted by molar-refractivity contribution is 0.0265. The van der Waals surface area contributed by atoms with Gasteiger partial charge in [0.05, 0.1) is 23.3 Å². The number of amides is 1. The average molecular weight is 730 g/mol. The molecular weight excluding hydrogens is 683 g/mol. The molecule has 3 heterocycles. The van der Waals surface area contributed by atoms with Crippen molar-refractivity contribution in [3.05, 3.63) is 130 Å². The van der Waals surface area contributed by atoms with Crippen LogP contribution < -0.4 is 21.5 Å². The number of anilines is 1. The molecule has 2 fully saturated rings. The number of fused-ring (bicyclic) bond motifs is 1. The zero-order valence-electron chi connectivity index (χ0n) is 30.2. The number of carbonyl (C=O) groups excluding carboxylic acids is 2. The summed E-state index contributed by atoms with van der Waals surface area (Å²) in [5, 5.41) is 31.3. The Bertz CT molecular complexity index is 2110. The Hall–Kier alpha value is -5.33. The first-order chi connectivity index (χ1) is 26.3. The number of ether oxygens (including phenoxy) is 1. The van der Waals surface area contributed by atoms with Crippen LogP contribution in [0.4, 0.5) is 10.5 Å². The lowest BCUT2D eigenvalue weighted by Crippen LogP contribution is -2.52. The number of phenols is 1. The van der Waals surface area contributed by atoms with Crippen LogP contribution in [0.25, 0.3) is 22.0 Å². The fraction of sp³-hybridized carbons (Fsp3) is 0.326. The number of aliphatic hydroxyl groups is 1. The number of Topliss-reactive ketones (excluding diaryl/α,β-unsaturated/α-hetero) is 1. The number of piperidine rings is 2. The van der Waals surface area contributed by atoms with Gasteiger partial charge in [-0.15, -0.1) is 0 Å². The summed E-state index contributed by atoms with van der Waals surface area (Å²) in [6.45, 7) is 3.82. The number of rotatable bonds is 12. The van der Waals surface area contributed by atoms with Gasteiger partial charge < -0.3 is 30.6 Å². The Balaban J connectivity index is 0.944. The highest BCUT2D eigenvalue weighted by molar-refractivity contribution is 6.00. The number of carbonyl (C=O) groups is 2. The zero-order chi connectivity index (χ0) is 37.4. The van der Waals surface area contributed by atoms with Crippen LogP contribution in [0.15, 0.2) is 108 Å². The third kappa shape index (κ3) is 8.72. The molecule has 1 aromatic heterocycles. The average Bonchev–Trinajstić information content (AvgIpc) is 3.20. The van der Waals surface area contributed by atoms with Crippen molar-refractivity contribution in [1.82, 2.24) is 20.5 Å². The standard InChI is InChI=1S/C43H47N5O6/c49-37-16-14-34(35-15-17-39(51)47-40(35)37)38(50)27-45-26-28-10-12-31(13-11-28)42(52)41(30-18-22-44-23-19-30)48-24-20-32(21-25-48)54-43(53)46-36-9-5-4-8-33(36)29-6-2-1-3-7-29/h1-17,30,32,38,41,44-45,49-50H,18-27H2,(H,46,53)(H,47,51). The number of pyridine rings is 1. The minimum atomic E-state index is -0.870. The van der Waals surface area contributed by atoms with Crippen LogP contribution in [0.2, 0.25) is 0 Å². The number of H-pyrrole nitrogens is 1. The van der Waals surface area contributed by atoms with Crippen molar-refractivity contribution in [3.8, 4) is 16.9 Å². The third-order valence-electron chi connectivity index (χ3n) is 10.7. The predicted octanol–water partition coefficient (Wildman–Crippen LogP) is 5.99. The molecule has 5 aromatic rings. The fourth-order valence-electron chi connectivity index (χ4n) is 7.83. The molecule has 280 valence electrons. The summed E-state index contributed by atoms with van der Waals surface area (Å²) in [5.41, 5.74) is 4.84. The predicted molar refractivity (Wildman–Crippen MR) is 210 cm³/mol. The second kappa shape index (κ2) is 17.2. The van der Waals surface area contributed by atoms with Crippen molar-refractivity contribution in [2.24, 2.45) is 5.92 Å². The number of aromatic nitrogens is 1. The number of aromatic amines is 1. The quantitative estimate of drug-likeness (QED) is 0.0850. The summed E-state index contributed by atoms with van der Waals surface area (Å²) in [6, 6.07) is 31.1. The minimum absolute atomic E-state index is 0.0522. The van der Waals surface area contributed by atoms with E-state index < -0.39 is 12.2 Å². The van der Waals surface area contributed by atoms with E-state index in [2.05, 4.69) is 25.8 Å². The summed E-state index contributed by atoms with van der Waals surface area (Å²) in [6.07, 6.45) is 1.56. The Kier molecular flexibility index (Phi) is 11.8. The third-order valence-corrected chi connectivity index (χ3v) is 10.7. The second-order valence-electron chi connectivity index (χ2n) is 14.2. The summed E-state index contributed by atoms with van der Waals surface area (Å²) < 4.78 is 5.90. The molecule has 0 spiro atoms. The van der Waals surface area contributed by atoms with E-state index in [1.54, 1.807) is 12.1 Å². The van der Waals surface area contributed by atoms with E-state index in [0.717, 1.165) is 42.6 Å². The smallest absolute Gasteiger partial charge is 0.411 e. The molecule has 11 nitrogen and oxygen atoms in total. The number of para-hydroxylation sites is 1. The Morgan fingerprint density at radius 2 is 1.57 bits per heavy atom. The van der Waals surface area contributed by atoms with E-state index >= 15 is 0 Å². The highest BCUT2D eigenvalue weighted by atomic mass is 16.6. The summed E-state index contributed by atoms with van der Waals surface area (Å²) >= 11 is 0. The van der Waals surface area contributed by atoms with Crippen LogP contribution in [-0.4, -0.2) is 76.8 Å². The van der Waals surface area contributed by atoms with Gasteiger partial charge in [0.15, 0.2) is 5.78 Å². The summed E-state index contributed by atoms with van der Waals surface area (Å²) in [4.78, 5) is 43.9. The number of nitrogens with zero attached hydrogens (tertiary/aromatic N) is 1. The van der Waals surface area contributed by atoms with E-state index in [9.17, 15) is 24.6 Å². The molecule has 2 atom stereocenters. The fourth-order valence-corrected chi connectivity index (χ4v) is 7.83. The van der Waals surface area contributed by atoms with Crippen LogP contribution in [0.1, 0.15) is 53.3 Å². The van der Waals surface area contributed by atoms with Gasteiger partial charge in [0.1, 0.15) is 11.9 Å². The molecular formula is C43H47N5O6. The number of aromatic hydroxyl groups is 1. The number of benzene rings is 4. The molecule has 2 saturated heterocycles. The number of hydrogen-bond acceptors (Lipinski definition) is 9. The van der Waals surface area contributed by atoms with Crippen LogP contribution in [0.5, 0.6) is 5.75 Å². The number of likely N-dealkylation sites (tertiary alicyclic amines) is 1. The minimum Gasteiger partial charge on any atom is -0.506 e. The Morgan fingerprint density at radius 1 is 0.852 bits per heavy atom. The van der Waals surface area contributed by atoms with Crippen molar-refractivity contribution in [2.75, 3.05) is 38.0 Å². The first kappa shape index (κ1) is 37.0. The first-order valence-corrected chi connectivity index (χ1v) is 18.8. The maximum atomic E-state index is 14.2. The largest absolute Gasteiger partial charge is 0.506 e. The molecule has 0 aliphatic carbocycles. The van der Waals surface area contributed by atoms with Gasteiger partial charge in [0, 0.05) is 48.8 Å². The van der Waals surface area contributed by atoms with Crippen LogP contribution in [0, 0.1) is 5.92 Å². The second-order valence-corrected chi connectivity index (χ2v) is 14.2. The van der Waals surface area contributed by atoms with E-state index in [4.69, 9.17) is 4.74 Å². The van der Waals surface area contributed by atoms with Crippen LogP contribution >= 0.6 is 0 Å². The van der Waals surface area contributed by atoms with Gasteiger partial charge in [-0.3, -0.25) is 19.8 Å². The summed E-state index contributed by atoms with van der Waals surface area (Å²) in [7, 11) is 0. The molecule has 4 aromatic carbocycles. The molecule has 0 saturated carbocycles. The number of ketones is 1. The molecule has 2 aliphatic heterocycles. The van der Waals surface area contributed by atoms with E-state index in [1.165, 1.54) is 12.1 Å². The van der Waals surface area contributed by atoms with Crippen molar-refractivity contribution in [3.63, 3.8) is 0 Å². The normalized spacial score (nSPS) is 16.8. The zero-order valence-corrected chi connectivity index (χ0v) is 30.2. The van der Waals surface area contributed by atoms with Gasteiger partial charge >= 0.3 is 6.09 Å². The molecule has 7 rings (SSSR count). The van der Waals surface area contributed by atoms with Crippen molar-refractivity contribution >= 4 is 28.5 Å². The maximum Gasteiger partial charge on any atom is 0.411 e. The summed E-state index contributed by atoms with van der Waals surface area (Å²) in [5.74, 6) is 0.290. The highest BCUT2D eigenvalue weighted by Gasteiger charge is 2.37. The van der Waals surface area contributed by atoms with Crippen molar-refractivity contribution in [1.29, 1.82) is 0 Å². The lowest BCUT2D eigenvalue weighted by Gasteiger charge is -2.41. The highest BCUT2D eigenvalue weighted by Crippen LogP contribution is 2.31. The van der Waals surface area contributed by atoms with Gasteiger partial charge in [-0.1, -0.05) is 78.9 Å². The molecule has 0 bridgehead atoms. The van der Waals surface area contributed by atoms with Crippen LogP contribution in [0.3, 0.4) is 0 Å². The first-order valence-electron chi connectivity index (χ1n) is 18.8. The molecule has 6 N–H and O–H groups in total. The van der Waals surface area contributed by atoms with Gasteiger partial charge in [0.25, 0.3) is 0 Å². The molecule has 2 aliphatic rings. The Morgan fingerprint density at radius 3 is 2.33 bits per heavy atom. The Labute approximate surface area is 314 Å². The number of aliphatic hydroxyl groups excluding tert-OH is 1. The molecule has 54 heavy (non-hydrogen) atoms. The maximum absolute atomic E-state index is 14.2. The van der Waals surface area contributed by atoms with E-state index in [0.29, 0.717) is 60.2 Å². The van der Waals surface area contributed by atoms with Crippen LogP contribution in [-0.2, 0) is 11.3 Å². The van der Waals surface area contributed by atoms with Gasteiger partial charge in [0.2, 0.25) is 5.56 Å². The number of nitrogens with one attached hydrogen (secondary N) is 4. The topological polar surface area (TPSA) is 156 Å². The van der Waals surface area contributed by atoms with Gasteiger partial charge in [-0.25, -0.2) is 4.79 Å². The van der Waals surface area contributed by atoms with Crippen molar-refractivity contribution < 1.29 is 24.5 Å². The monoisotopic (exact) mass is 729 g/mol. The number of phenolic OH excluding ortho intramolecular Hbond substituents is 1. The molecule has 11 heteroatoms.